The third-order valence-corrected chi connectivity index (χ3v) is 3.98. The molecule has 0 saturated carbocycles. The highest BCUT2D eigenvalue weighted by Crippen LogP contribution is 2.28. The number of halogens is 2. The first-order valence-electron chi connectivity index (χ1n) is 5.47. The van der Waals surface area contributed by atoms with Crippen molar-refractivity contribution in [2.24, 2.45) is 0 Å². The summed E-state index contributed by atoms with van der Waals surface area (Å²) in [5.74, 6) is 0. The van der Waals surface area contributed by atoms with E-state index in [0.717, 1.165) is 12.1 Å². The fraction of sp³-hybridized carbons (Fsp3) is 0.214. The Kier molecular flexibility index (Phi) is 4.40. The first-order chi connectivity index (χ1) is 8.16. The second-order valence-corrected chi connectivity index (χ2v) is 5.71. The van der Waals surface area contributed by atoms with E-state index in [-0.39, 0.29) is 5.38 Å². The van der Waals surface area contributed by atoms with Gasteiger partial charge in [0.1, 0.15) is 0 Å². The highest BCUT2D eigenvalue weighted by Gasteiger charge is 2.12. The van der Waals surface area contributed by atoms with Crippen LogP contribution in [0.3, 0.4) is 0 Å². The molecular formula is C14H13ClIN. The standard InChI is InChI=1S/C14H13ClIN/c1-10-6-7-11(17-9-10)8-13(15)12-4-2-3-5-14(12)16/h2-7,9,13H,8H2,1H3. The van der Waals surface area contributed by atoms with E-state index in [2.05, 4.69) is 45.8 Å². The molecular weight excluding hydrogens is 345 g/mol. The van der Waals surface area contributed by atoms with Crippen LogP contribution in [0.2, 0.25) is 0 Å². The Labute approximate surface area is 120 Å². The minimum atomic E-state index is -0.0155. The summed E-state index contributed by atoms with van der Waals surface area (Å²) >= 11 is 8.76. The Balaban J connectivity index is 2.14. The largest absolute Gasteiger partial charge is 0.261 e. The Morgan fingerprint density at radius 2 is 2.00 bits per heavy atom. The van der Waals surface area contributed by atoms with E-state index < -0.39 is 0 Å². The molecule has 3 heteroatoms. The molecule has 0 amide bonds. The van der Waals surface area contributed by atoms with Crippen molar-refractivity contribution in [3.8, 4) is 0 Å². The number of hydrogen-bond donors (Lipinski definition) is 0. The highest BCUT2D eigenvalue weighted by molar-refractivity contribution is 14.1. The van der Waals surface area contributed by atoms with Crippen LogP contribution >= 0.6 is 34.2 Å². The average Bonchev–Trinajstić information content (AvgIpc) is 2.32. The van der Waals surface area contributed by atoms with Gasteiger partial charge in [-0.1, -0.05) is 24.3 Å². The Bertz CT molecular complexity index is 496. The molecule has 1 atom stereocenters. The van der Waals surface area contributed by atoms with Crippen molar-refractivity contribution in [3.63, 3.8) is 0 Å². The number of rotatable bonds is 3. The molecule has 1 aromatic heterocycles. The maximum Gasteiger partial charge on any atom is 0.0650 e. The Morgan fingerprint density at radius 1 is 1.24 bits per heavy atom. The minimum Gasteiger partial charge on any atom is -0.261 e. The summed E-state index contributed by atoms with van der Waals surface area (Å²) in [4.78, 5) is 4.39. The van der Waals surface area contributed by atoms with Crippen molar-refractivity contribution in [3.05, 3.63) is 63.0 Å². The smallest absolute Gasteiger partial charge is 0.0650 e. The summed E-state index contributed by atoms with van der Waals surface area (Å²) in [5, 5.41) is -0.0155. The number of benzene rings is 1. The normalized spacial score (nSPS) is 12.4. The topological polar surface area (TPSA) is 12.9 Å². The molecule has 0 radical (unpaired) electrons. The van der Waals surface area contributed by atoms with Crippen molar-refractivity contribution in [2.75, 3.05) is 0 Å². The van der Waals surface area contributed by atoms with Crippen LogP contribution in [-0.4, -0.2) is 4.98 Å². The molecule has 0 aliphatic heterocycles. The summed E-state index contributed by atoms with van der Waals surface area (Å²) in [6.07, 6.45) is 2.65. The molecule has 2 aromatic rings. The average molecular weight is 358 g/mol. The van der Waals surface area contributed by atoms with E-state index in [9.17, 15) is 0 Å². The SMILES string of the molecule is Cc1ccc(CC(Cl)c2ccccc2I)nc1. The van der Waals surface area contributed by atoms with Gasteiger partial charge in [0, 0.05) is 21.9 Å². The second-order valence-electron chi connectivity index (χ2n) is 4.02. The number of pyridine rings is 1. The van der Waals surface area contributed by atoms with Gasteiger partial charge in [0.25, 0.3) is 0 Å². The van der Waals surface area contributed by atoms with E-state index in [1.807, 2.05) is 31.3 Å². The third kappa shape index (κ3) is 3.42. The van der Waals surface area contributed by atoms with Crippen LogP contribution in [-0.2, 0) is 6.42 Å². The van der Waals surface area contributed by atoms with Gasteiger partial charge in [0.05, 0.1) is 5.38 Å². The van der Waals surface area contributed by atoms with Crippen LogP contribution in [0.4, 0.5) is 0 Å². The van der Waals surface area contributed by atoms with Gasteiger partial charge in [-0.3, -0.25) is 4.98 Å². The fourth-order valence-corrected chi connectivity index (χ4v) is 2.94. The van der Waals surface area contributed by atoms with Crippen LogP contribution in [0.15, 0.2) is 42.6 Å². The second kappa shape index (κ2) is 5.83. The molecule has 2 rings (SSSR count). The Morgan fingerprint density at radius 3 is 2.65 bits per heavy atom. The quantitative estimate of drug-likeness (QED) is 0.581. The van der Waals surface area contributed by atoms with Gasteiger partial charge >= 0.3 is 0 Å². The molecule has 1 nitrogen and oxygen atoms in total. The van der Waals surface area contributed by atoms with E-state index in [1.54, 1.807) is 0 Å². The number of aromatic nitrogens is 1. The van der Waals surface area contributed by atoms with E-state index >= 15 is 0 Å². The van der Waals surface area contributed by atoms with Gasteiger partial charge in [-0.25, -0.2) is 0 Å². The predicted molar refractivity (Wildman–Crippen MR) is 80.4 cm³/mol. The number of alkyl halides is 1. The highest BCUT2D eigenvalue weighted by atomic mass is 127. The van der Waals surface area contributed by atoms with E-state index in [4.69, 9.17) is 11.6 Å². The lowest BCUT2D eigenvalue weighted by molar-refractivity contribution is 0.874. The van der Waals surface area contributed by atoms with Gasteiger partial charge < -0.3 is 0 Å². The summed E-state index contributed by atoms with van der Waals surface area (Å²) < 4.78 is 1.21. The summed E-state index contributed by atoms with van der Waals surface area (Å²) in [7, 11) is 0. The van der Waals surface area contributed by atoms with Crippen LogP contribution in [0.25, 0.3) is 0 Å². The molecule has 1 aromatic carbocycles. The van der Waals surface area contributed by atoms with Crippen molar-refractivity contribution in [1.82, 2.24) is 4.98 Å². The molecule has 1 heterocycles. The third-order valence-electron chi connectivity index (χ3n) is 2.60. The monoisotopic (exact) mass is 357 g/mol. The van der Waals surface area contributed by atoms with Gasteiger partial charge in [-0.05, 0) is 52.8 Å². The first kappa shape index (κ1) is 12.8. The first-order valence-corrected chi connectivity index (χ1v) is 6.98. The summed E-state index contributed by atoms with van der Waals surface area (Å²) in [6.45, 7) is 2.04. The summed E-state index contributed by atoms with van der Waals surface area (Å²) in [6, 6.07) is 12.3. The molecule has 0 bridgehead atoms. The van der Waals surface area contributed by atoms with E-state index in [1.165, 1.54) is 14.7 Å². The molecule has 0 fully saturated rings. The molecule has 0 aliphatic carbocycles. The lowest BCUT2D eigenvalue weighted by atomic mass is 10.1. The maximum absolute atomic E-state index is 6.44. The maximum atomic E-state index is 6.44. The zero-order chi connectivity index (χ0) is 12.3. The van der Waals surface area contributed by atoms with E-state index in [0.29, 0.717) is 0 Å². The van der Waals surface area contributed by atoms with Gasteiger partial charge in [-0.15, -0.1) is 11.6 Å². The zero-order valence-electron chi connectivity index (χ0n) is 9.53. The molecule has 0 saturated heterocycles. The molecule has 88 valence electrons. The lowest BCUT2D eigenvalue weighted by Crippen LogP contribution is -2.00. The van der Waals surface area contributed by atoms with Crippen molar-refractivity contribution in [1.29, 1.82) is 0 Å². The zero-order valence-corrected chi connectivity index (χ0v) is 12.4. The van der Waals surface area contributed by atoms with Gasteiger partial charge in [-0.2, -0.15) is 0 Å². The molecule has 1 unspecified atom stereocenters. The van der Waals surface area contributed by atoms with Gasteiger partial charge in [0.15, 0.2) is 0 Å². The number of aryl methyl sites for hydroxylation is 1. The van der Waals surface area contributed by atoms with Crippen LogP contribution < -0.4 is 0 Å². The van der Waals surface area contributed by atoms with Crippen LogP contribution in [0.1, 0.15) is 22.2 Å². The van der Waals surface area contributed by atoms with Crippen LogP contribution in [0, 0.1) is 10.5 Å². The molecule has 0 spiro atoms. The lowest BCUT2D eigenvalue weighted by Gasteiger charge is -2.11. The van der Waals surface area contributed by atoms with Crippen molar-refractivity contribution in [2.45, 2.75) is 18.7 Å². The number of hydrogen-bond acceptors (Lipinski definition) is 1. The number of nitrogens with zero attached hydrogens (tertiary/aromatic N) is 1. The Hall–Kier alpha value is -0.610. The van der Waals surface area contributed by atoms with Gasteiger partial charge in [0.2, 0.25) is 0 Å². The molecule has 17 heavy (non-hydrogen) atoms. The van der Waals surface area contributed by atoms with Crippen molar-refractivity contribution < 1.29 is 0 Å². The fourth-order valence-electron chi connectivity index (χ4n) is 1.64. The van der Waals surface area contributed by atoms with Crippen LogP contribution in [0.5, 0.6) is 0 Å². The summed E-state index contributed by atoms with van der Waals surface area (Å²) in [5.41, 5.74) is 3.39. The molecule has 0 aliphatic rings. The van der Waals surface area contributed by atoms with Crippen molar-refractivity contribution >= 4 is 34.2 Å². The predicted octanol–water partition coefficient (Wildman–Crippen LogP) is 4.52. The minimum absolute atomic E-state index is 0.0155. The molecule has 0 N–H and O–H groups in total.